The van der Waals surface area contributed by atoms with Gasteiger partial charge < -0.3 is 9.84 Å². The summed E-state index contributed by atoms with van der Waals surface area (Å²) in [5.74, 6) is 0.699. The Labute approximate surface area is 70.8 Å². The van der Waals surface area contributed by atoms with Crippen LogP contribution in [0.3, 0.4) is 0 Å². The van der Waals surface area contributed by atoms with Crippen molar-refractivity contribution in [2.45, 2.75) is 6.42 Å². The van der Waals surface area contributed by atoms with Gasteiger partial charge >= 0.3 is 0 Å². The summed E-state index contributed by atoms with van der Waals surface area (Å²) in [6.07, 6.45) is 0.218. The number of benzene rings is 1. The van der Waals surface area contributed by atoms with E-state index in [0.717, 1.165) is 0 Å². The molecule has 0 spiro atoms. The fourth-order valence-corrected chi connectivity index (χ4v) is 0.905. The molecule has 0 heterocycles. The predicted molar refractivity (Wildman–Crippen MR) is 44.0 cm³/mol. The van der Waals surface area contributed by atoms with Crippen LogP contribution in [-0.2, 0) is 6.42 Å². The highest BCUT2D eigenvalue weighted by Crippen LogP contribution is 2.23. The van der Waals surface area contributed by atoms with Crippen LogP contribution in [0.5, 0.6) is 11.5 Å². The normalized spacial score (nSPS) is 9.00. The van der Waals surface area contributed by atoms with Crippen LogP contribution in [0.15, 0.2) is 18.2 Å². The zero-order valence-electron chi connectivity index (χ0n) is 6.74. The standard InChI is InChI=1S/C9H9NO2/c1-12-8-3-2-7(4-5-10)9(11)6-8/h2-3,6,11H,4H2,1H3. The van der Waals surface area contributed by atoms with Gasteiger partial charge in [-0.25, -0.2) is 0 Å². The molecule has 0 saturated heterocycles. The van der Waals surface area contributed by atoms with Crippen molar-refractivity contribution >= 4 is 0 Å². The van der Waals surface area contributed by atoms with Gasteiger partial charge in [0.15, 0.2) is 0 Å². The Kier molecular flexibility index (Phi) is 2.54. The first-order valence-corrected chi connectivity index (χ1v) is 3.50. The number of methoxy groups -OCH3 is 1. The SMILES string of the molecule is COc1ccc(CC#N)c(O)c1. The maximum absolute atomic E-state index is 9.32. The van der Waals surface area contributed by atoms with Crippen molar-refractivity contribution in [1.29, 1.82) is 5.26 Å². The minimum absolute atomic E-state index is 0.107. The van der Waals surface area contributed by atoms with Gasteiger partial charge in [-0.2, -0.15) is 5.26 Å². The summed E-state index contributed by atoms with van der Waals surface area (Å²) in [7, 11) is 1.53. The maximum Gasteiger partial charge on any atom is 0.123 e. The van der Waals surface area contributed by atoms with E-state index in [9.17, 15) is 5.11 Å². The first-order valence-electron chi connectivity index (χ1n) is 3.50. The van der Waals surface area contributed by atoms with Crippen LogP contribution in [0, 0.1) is 11.3 Å². The molecule has 1 rings (SSSR count). The van der Waals surface area contributed by atoms with E-state index in [2.05, 4.69) is 0 Å². The van der Waals surface area contributed by atoms with Gasteiger partial charge in [0.2, 0.25) is 0 Å². The van der Waals surface area contributed by atoms with Gasteiger partial charge in [0, 0.05) is 11.6 Å². The third kappa shape index (κ3) is 1.67. The van der Waals surface area contributed by atoms with Crippen molar-refractivity contribution in [3.05, 3.63) is 23.8 Å². The van der Waals surface area contributed by atoms with Gasteiger partial charge in [-0.1, -0.05) is 6.07 Å². The lowest BCUT2D eigenvalue weighted by molar-refractivity contribution is 0.406. The average Bonchev–Trinajstić information content (AvgIpc) is 2.09. The van der Waals surface area contributed by atoms with Crippen molar-refractivity contribution in [3.63, 3.8) is 0 Å². The van der Waals surface area contributed by atoms with Gasteiger partial charge in [-0.05, 0) is 6.07 Å². The summed E-state index contributed by atoms with van der Waals surface area (Å²) in [5.41, 5.74) is 0.623. The quantitative estimate of drug-likeness (QED) is 0.718. The van der Waals surface area contributed by atoms with Gasteiger partial charge in [0.05, 0.1) is 19.6 Å². The lowest BCUT2D eigenvalue weighted by Crippen LogP contribution is -1.86. The molecule has 0 aliphatic rings. The number of nitrogens with zero attached hydrogens (tertiary/aromatic N) is 1. The van der Waals surface area contributed by atoms with Gasteiger partial charge in [-0.15, -0.1) is 0 Å². The second-order valence-corrected chi connectivity index (χ2v) is 2.33. The molecule has 1 N–H and O–H groups in total. The number of nitriles is 1. The van der Waals surface area contributed by atoms with Crippen LogP contribution in [0.4, 0.5) is 0 Å². The monoisotopic (exact) mass is 163 g/mol. The van der Waals surface area contributed by atoms with E-state index in [0.29, 0.717) is 11.3 Å². The summed E-state index contributed by atoms with van der Waals surface area (Å²) >= 11 is 0. The Morgan fingerprint density at radius 1 is 1.58 bits per heavy atom. The number of rotatable bonds is 2. The predicted octanol–water partition coefficient (Wildman–Crippen LogP) is 1.47. The molecule has 1 aromatic rings. The van der Waals surface area contributed by atoms with Crippen molar-refractivity contribution in [3.8, 4) is 17.6 Å². The minimum Gasteiger partial charge on any atom is -0.507 e. The lowest BCUT2D eigenvalue weighted by atomic mass is 10.1. The molecular formula is C9H9NO2. The van der Waals surface area contributed by atoms with Crippen molar-refractivity contribution < 1.29 is 9.84 Å². The Bertz CT molecular complexity index is 315. The summed E-state index contributed by atoms with van der Waals surface area (Å²) in [6, 6.07) is 6.85. The number of phenols is 1. The van der Waals surface area contributed by atoms with E-state index in [1.165, 1.54) is 13.2 Å². The molecule has 0 atom stereocenters. The van der Waals surface area contributed by atoms with E-state index in [-0.39, 0.29) is 12.2 Å². The smallest absolute Gasteiger partial charge is 0.123 e. The minimum atomic E-state index is 0.107. The zero-order chi connectivity index (χ0) is 8.97. The highest BCUT2D eigenvalue weighted by Gasteiger charge is 2.01. The first kappa shape index (κ1) is 8.41. The average molecular weight is 163 g/mol. The Balaban J connectivity index is 2.97. The third-order valence-corrected chi connectivity index (χ3v) is 1.56. The fraction of sp³-hybridized carbons (Fsp3) is 0.222. The molecule has 0 aromatic heterocycles. The third-order valence-electron chi connectivity index (χ3n) is 1.56. The topological polar surface area (TPSA) is 53.2 Å². The first-order chi connectivity index (χ1) is 5.77. The van der Waals surface area contributed by atoms with Crippen LogP contribution in [0.1, 0.15) is 5.56 Å². The molecule has 3 heteroatoms. The number of aromatic hydroxyl groups is 1. The largest absolute Gasteiger partial charge is 0.507 e. The van der Waals surface area contributed by atoms with E-state index < -0.39 is 0 Å². The van der Waals surface area contributed by atoms with Gasteiger partial charge in [-0.3, -0.25) is 0 Å². The number of hydrogen-bond acceptors (Lipinski definition) is 3. The fourth-order valence-electron chi connectivity index (χ4n) is 0.905. The molecule has 0 amide bonds. The highest BCUT2D eigenvalue weighted by molar-refractivity contribution is 5.40. The van der Waals surface area contributed by atoms with Crippen molar-refractivity contribution in [2.24, 2.45) is 0 Å². The van der Waals surface area contributed by atoms with Crippen LogP contribution >= 0.6 is 0 Å². The Morgan fingerprint density at radius 2 is 2.33 bits per heavy atom. The summed E-state index contributed by atoms with van der Waals surface area (Å²) in [5, 5.41) is 17.7. The molecule has 0 aliphatic heterocycles. The lowest BCUT2D eigenvalue weighted by Gasteiger charge is -2.02. The highest BCUT2D eigenvalue weighted by atomic mass is 16.5. The number of ether oxygens (including phenoxy) is 1. The van der Waals surface area contributed by atoms with E-state index >= 15 is 0 Å². The van der Waals surface area contributed by atoms with E-state index in [1.54, 1.807) is 12.1 Å². The summed E-state index contributed by atoms with van der Waals surface area (Å²) in [6.45, 7) is 0. The molecule has 0 unspecified atom stereocenters. The molecule has 12 heavy (non-hydrogen) atoms. The van der Waals surface area contributed by atoms with Crippen LogP contribution in [0.25, 0.3) is 0 Å². The number of phenolic OH excluding ortho intramolecular Hbond substituents is 1. The molecule has 0 radical (unpaired) electrons. The van der Waals surface area contributed by atoms with Crippen LogP contribution in [0.2, 0.25) is 0 Å². The van der Waals surface area contributed by atoms with Crippen LogP contribution in [-0.4, -0.2) is 12.2 Å². The second kappa shape index (κ2) is 3.63. The van der Waals surface area contributed by atoms with Crippen LogP contribution < -0.4 is 4.74 Å². The Morgan fingerprint density at radius 3 is 2.83 bits per heavy atom. The van der Waals surface area contributed by atoms with E-state index in [1.807, 2.05) is 6.07 Å². The Hall–Kier alpha value is -1.69. The van der Waals surface area contributed by atoms with E-state index in [4.69, 9.17) is 10.00 Å². The molecular weight excluding hydrogens is 154 g/mol. The maximum atomic E-state index is 9.32. The molecule has 0 aliphatic carbocycles. The molecule has 0 saturated carbocycles. The molecule has 1 aromatic carbocycles. The molecule has 3 nitrogen and oxygen atoms in total. The molecule has 0 fully saturated rings. The zero-order valence-corrected chi connectivity index (χ0v) is 6.74. The number of hydrogen-bond donors (Lipinski definition) is 1. The van der Waals surface area contributed by atoms with Gasteiger partial charge in [0.25, 0.3) is 0 Å². The second-order valence-electron chi connectivity index (χ2n) is 2.33. The molecule has 62 valence electrons. The summed E-state index contributed by atoms with van der Waals surface area (Å²) < 4.78 is 4.89. The van der Waals surface area contributed by atoms with Crippen molar-refractivity contribution in [1.82, 2.24) is 0 Å². The van der Waals surface area contributed by atoms with Gasteiger partial charge in [0.1, 0.15) is 11.5 Å². The van der Waals surface area contributed by atoms with Crippen molar-refractivity contribution in [2.75, 3.05) is 7.11 Å². The summed E-state index contributed by atoms with van der Waals surface area (Å²) in [4.78, 5) is 0. The molecule has 0 bridgehead atoms.